The molecule has 4 rings (SSSR count). The molecule has 0 radical (unpaired) electrons. The molecule has 2 amide bonds. The number of hydrogen-bond acceptors (Lipinski definition) is 4. The second-order valence-electron chi connectivity index (χ2n) is 6.96. The number of amides is 2. The van der Waals surface area contributed by atoms with Crippen LogP contribution in [0.15, 0.2) is 84.9 Å². The Morgan fingerprint density at radius 3 is 2.14 bits per heavy atom. The van der Waals surface area contributed by atoms with Crippen molar-refractivity contribution in [2.24, 2.45) is 0 Å². The second-order valence-corrected chi connectivity index (χ2v) is 6.96. The molecule has 1 saturated heterocycles. The number of rotatable bonds is 5. The summed E-state index contributed by atoms with van der Waals surface area (Å²) >= 11 is 0. The van der Waals surface area contributed by atoms with Gasteiger partial charge in [0.05, 0.1) is 12.5 Å². The van der Waals surface area contributed by atoms with Crippen molar-refractivity contribution in [3.63, 3.8) is 0 Å². The van der Waals surface area contributed by atoms with Crippen molar-refractivity contribution in [1.29, 1.82) is 0 Å². The summed E-state index contributed by atoms with van der Waals surface area (Å²) in [5.41, 5.74) is 1.68. The smallest absolute Gasteiger partial charge is 0.417 e. The van der Waals surface area contributed by atoms with E-state index in [9.17, 15) is 9.59 Å². The molecule has 0 spiro atoms. The van der Waals surface area contributed by atoms with Crippen molar-refractivity contribution < 1.29 is 19.1 Å². The lowest BCUT2D eigenvalue weighted by Crippen LogP contribution is -2.38. The average Bonchev–Trinajstić information content (AvgIpc) is 3.05. The van der Waals surface area contributed by atoms with Crippen LogP contribution in [0.25, 0.3) is 0 Å². The van der Waals surface area contributed by atoms with Crippen molar-refractivity contribution in [2.75, 3.05) is 0 Å². The standard InChI is InChI=1S/C24H21NO4/c1-17-23(19-8-4-2-5-9-19)29-24(27)25(17)22(26)16-18-12-14-21(15-13-18)28-20-10-6-3-7-11-20/h2-15,17,23H,16H2,1H3/t17-,23-/m0/s1. The van der Waals surface area contributed by atoms with Gasteiger partial charge >= 0.3 is 6.09 Å². The third-order valence-corrected chi connectivity index (χ3v) is 4.92. The topological polar surface area (TPSA) is 55.8 Å². The van der Waals surface area contributed by atoms with Gasteiger partial charge in [0.2, 0.25) is 5.91 Å². The van der Waals surface area contributed by atoms with Crippen LogP contribution in [0.4, 0.5) is 4.79 Å². The highest BCUT2D eigenvalue weighted by Crippen LogP contribution is 2.32. The second kappa shape index (κ2) is 8.19. The van der Waals surface area contributed by atoms with Gasteiger partial charge in [0, 0.05) is 0 Å². The number of carbonyl (C=O) groups excluding carboxylic acids is 2. The van der Waals surface area contributed by atoms with E-state index in [-0.39, 0.29) is 18.4 Å². The molecule has 0 aromatic heterocycles. The minimum absolute atomic E-state index is 0.118. The first-order valence-corrected chi connectivity index (χ1v) is 9.51. The Morgan fingerprint density at radius 1 is 0.897 bits per heavy atom. The molecule has 3 aromatic rings. The van der Waals surface area contributed by atoms with E-state index in [4.69, 9.17) is 9.47 Å². The molecular weight excluding hydrogens is 366 g/mol. The molecule has 0 N–H and O–H groups in total. The number of nitrogens with zero attached hydrogens (tertiary/aromatic N) is 1. The van der Waals surface area contributed by atoms with Crippen LogP contribution in [0, 0.1) is 0 Å². The fourth-order valence-electron chi connectivity index (χ4n) is 3.44. The number of benzene rings is 3. The number of carbonyl (C=O) groups is 2. The molecule has 146 valence electrons. The van der Waals surface area contributed by atoms with E-state index in [2.05, 4.69) is 0 Å². The van der Waals surface area contributed by atoms with Gasteiger partial charge in [-0.1, -0.05) is 60.7 Å². The van der Waals surface area contributed by atoms with Crippen LogP contribution in [0.1, 0.15) is 24.2 Å². The SMILES string of the molecule is C[C@H]1[C@@H](c2ccccc2)OC(=O)N1C(=O)Cc1ccc(Oc2ccccc2)cc1. The molecule has 1 aliphatic heterocycles. The van der Waals surface area contributed by atoms with E-state index < -0.39 is 12.2 Å². The van der Waals surface area contributed by atoms with Crippen molar-refractivity contribution in [3.05, 3.63) is 96.1 Å². The molecule has 0 bridgehead atoms. The molecule has 2 atom stereocenters. The molecule has 1 aliphatic rings. The summed E-state index contributed by atoms with van der Waals surface area (Å²) in [6.45, 7) is 1.83. The lowest BCUT2D eigenvalue weighted by atomic mass is 10.0. The maximum absolute atomic E-state index is 12.8. The van der Waals surface area contributed by atoms with E-state index >= 15 is 0 Å². The molecule has 0 saturated carbocycles. The lowest BCUT2D eigenvalue weighted by Gasteiger charge is -2.19. The predicted octanol–water partition coefficient (Wildman–Crippen LogP) is 5.13. The maximum atomic E-state index is 12.8. The Balaban J connectivity index is 1.42. The summed E-state index contributed by atoms with van der Waals surface area (Å²) in [7, 11) is 0. The summed E-state index contributed by atoms with van der Waals surface area (Å²) in [6, 6.07) is 25.9. The third-order valence-electron chi connectivity index (χ3n) is 4.92. The molecule has 1 heterocycles. The van der Waals surface area contributed by atoms with Crippen LogP contribution >= 0.6 is 0 Å². The summed E-state index contributed by atoms with van der Waals surface area (Å²) in [5, 5.41) is 0. The average molecular weight is 387 g/mol. The number of hydrogen-bond donors (Lipinski definition) is 0. The highest BCUT2D eigenvalue weighted by Gasteiger charge is 2.43. The van der Waals surface area contributed by atoms with Gasteiger partial charge in [0.25, 0.3) is 0 Å². The largest absolute Gasteiger partial charge is 0.457 e. The molecule has 3 aromatic carbocycles. The molecular formula is C24H21NO4. The fraction of sp³-hybridized carbons (Fsp3) is 0.167. The summed E-state index contributed by atoms with van der Waals surface area (Å²) < 4.78 is 11.2. The highest BCUT2D eigenvalue weighted by atomic mass is 16.6. The first-order valence-electron chi connectivity index (χ1n) is 9.51. The van der Waals surface area contributed by atoms with E-state index in [0.29, 0.717) is 5.75 Å². The zero-order valence-electron chi connectivity index (χ0n) is 16.0. The molecule has 5 heteroatoms. The fourth-order valence-corrected chi connectivity index (χ4v) is 3.44. The molecule has 1 fully saturated rings. The number of cyclic esters (lactones) is 1. The van der Waals surface area contributed by atoms with Crippen LogP contribution in [0.3, 0.4) is 0 Å². The van der Waals surface area contributed by atoms with Crippen LogP contribution in [0.5, 0.6) is 11.5 Å². The summed E-state index contributed by atoms with van der Waals surface area (Å²) in [6.07, 6.45) is -0.929. The number of imide groups is 1. The van der Waals surface area contributed by atoms with Crippen molar-refractivity contribution in [3.8, 4) is 11.5 Å². The van der Waals surface area contributed by atoms with Crippen molar-refractivity contribution >= 4 is 12.0 Å². The van der Waals surface area contributed by atoms with Crippen molar-refractivity contribution in [2.45, 2.75) is 25.5 Å². The summed E-state index contributed by atoms with van der Waals surface area (Å²) in [5.74, 6) is 1.15. The van der Waals surface area contributed by atoms with Crippen LogP contribution in [-0.4, -0.2) is 22.9 Å². The Labute approximate surface area is 169 Å². The first-order chi connectivity index (χ1) is 14.1. The van der Waals surface area contributed by atoms with Gasteiger partial charge in [-0.2, -0.15) is 0 Å². The highest BCUT2D eigenvalue weighted by molar-refractivity contribution is 5.94. The molecule has 0 aliphatic carbocycles. The van der Waals surface area contributed by atoms with Crippen LogP contribution in [0.2, 0.25) is 0 Å². The number of para-hydroxylation sites is 1. The summed E-state index contributed by atoms with van der Waals surface area (Å²) in [4.78, 5) is 26.3. The van der Waals surface area contributed by atoms with E-state index in [1.54, 1.807) is 0 Å². The minimum atomic E-state index is -0.597. The van der Waals surface area contributed by atoms with Gasteiger partial charge in [0.1, 0.15) is 17.6 Å². The van der Waals surface area contributed by atoms with Gasteiger partial charge in [-0.3, -0.25) is 4.79 Å². The van der Waals surface area contributed by atoms with E-state index in [1.807, 2.05) is 91.9 Å². The normalized spacial score (nSPS) is 18.4. The van der Waals surface area contributed by atoms with Crippen LogP contribution < -0.4 is 4.74 Å². The lowest BCUT2D eigenvalue weighted by molar-refractivity contribution is -0.128. The van der Waals surface area contributed by atoms with Gasteiger partial charge in [-0.05, 0) is 42.3 Å². The minimum Gasteiger partial charge on any atom is -0.457 e. The quantitative estimate of drug-likeness (QED) is 0.609. The van der Waals surface area contributed by atoms with Gasteiger partial charge in [0.15, 0.2) is 0 Å². The Hall–Kier alpha value is -3.60. The third kappa shape index (κ3) is 4.14. The monoisotopic (exact) mass is 387 g/mol. The predicted molar refractivity (Wildman–Crippen MR) is 109 cm³/mol. The van der Waals surface area contributed by atoms with Crippen LogP contribution in [-0.2, 0) is 16.0 Å². The van der Waals surface area contributed by atoms with Crippen molar-refractivity contribution in [1.82, 2.24) is 4.90 Å². The first kappa shape index (κ1) is 18.7. The van der Waals surface area contributed by atoms with E-state index in [1.165, 1.54) is 4.90 Å². The Bertz CT molecular complexity index is 986. The van der Waals surface area contributed by atoms with Gasteiger partial charge < -0.3 is 9.47 Å². The molecule has 0 unspecified atom stereocenters. The zero-order chi connectivity index (χ0) is 20.2. The molecule has 5 nitrogen and oxygen atoms in total. The Kier molecular flexibility index (Phi) is 5.29. The molecule has 29 heavy (non-hydrogen) atoms. The van der Waals surface area contributed by atoms with Gasteiger partial charge in [-0.15, -0.1) is 0 Å². The Morgan fingerprint density at radius 2 is 1.48 bits per heavy atom. The maximum Gasteiger partial charge on any atom is 0.417 e. The number of ether oxygens (including phenoxy) is 2. The van der Waals surface area contributed by atoms with E-state index in [0.717, 1.165) is 16.9 Å². The van der Waals surface area contributed by atoms with Gasteiger partial charge in [-0.25, -0.2) is 9.69 Å². The zero-order valence-corrected chi connectivity index (χ0v) is 16.0.